The van der Waals surface area contributed by atoms with Crippen molar-refractivity contribution in [3.8, 4) is 0 Å². The lowest BCUT2D eigenvalue weighted by Crippen LogP contribution is -2.24. The maximum Gasteiger partial charge on any atom is 0.230 e. The van der Waals surface area contributed by atoms with E-state index in [-0.39, 0.29) is 11.8 Å². The third-order valence-corrected chi connectivity index (χ3v) is 3.11. The summed E-state index contributed by atoms with van der Waals surface area (Å²) in [4.78, 5) is 16.8. The minimum atomic E-state index is 0.0874. The third-order valence-electron chi connectivity index (χ3n) is 2.28. The maximum atomic E-state index is 11.6. The third kappa shape index (κ3) is 2.10. The van der Waals surface area contributed by atoms with Gasteiger partial charge in [-0.25, -0.2) is 4.98 Å². The summed E-state index contributed by atoms with van der Waals surface area (Å²) in [5.41, 5.74) is 0. The second-order valence-electron chi connectivity index (χ2n) is 3.46. The van der Waals surface area contributed by atoms with E-state index in [1.807, 2.05) is 6.92 Å². The second kappa shape index (κ2) is 4.06. The molecule has 5 heteroatoms. The fraction of sp³-hybridized carbons (Fsp3) is 0.556. The summed E-state index contributed by atoms with van der Waals surface area (Å²) >= 11 is 1.51. The van der Waals surface area contributed by atoms with Crippen LogP contribution in [0.3, 0.4) is 0 Å². The molecular weight excluding hydrogens is 198 g/mol. The Hall–Kier alpha value is -0.940. The highest BCUT2D eigenvalue weighted by Crippen LogP contribution is 2.18. The van der Waals surface area contributed by atoms with Crippen molar-refractivity contribution in [1.29, 1.82) is 0 Å². The van der Waals surface area contributed by atoms with E-state index < -0.39 is 0 Å². The molecule has 1 aliphatic heterocycles. The Labute approximate surface area is 86.7 Å². The minimum absolute atomic E-state index is 0.0874. The number of hydrogen-bond donors (Lipinski definition) is 2. The highest BCUT2D eigenvalue weighted by Gasteiger charge is 2.22. The lowest BCUT2D eigenvalue weighted by atomic mass is 10.1. The Morgan fingerprint density at radius 3 is 3.21 bits per heavy atom. The first kappa shape index (κ1) is 9.61. The number of carbonyl (C=O) groups excluding carboxylic acids is 1. The standard InChI is InChI=1S/C9H13N3OS/c1-6-4-11-9(14-6)12-8(13)7-2-3-10-5-7/h4,7,10H,2-3,5H2,1H3,(H,11,12,13). The van der Waals surface area contributed by atoms with Gasteiger partial charge in [-0.2, -0.15) is 0 Å². The number of thiazole rings is 1. The van der Waals surface area contributed by atoms with Gasteiger partial charge in [0, 0.05) is 17.6 Å². The Balaban J connectivity index is 1.93. The Kier molecular flexibility index (Phi) is 2.79. The lowest BCUT2D eigenvalue weighted by molar-refractivity contribution is -0.119. The number of aromatic nitrogens is 1. The van der Waals surface area contributed by atoms with Gasteiger partial charge in [-0.15, -0.1) is 11.3 Å². The molecule has 1 aliphatic rings. The largest absolute Gasteiger partial charge is 0.316 e. The maximum absolute atomic E-state index is 11.6. The van der Waals surface area contributed by atoms with Crippen molar-refractivity contribution in [2.75, 3.05) is 18.4 Å². The van der Waals surface area contributed by atoms with Gasteiger partial charge in [-0.1, -0.05) is 0 Å². The van der Waals surface area contributed by atoms with Crippen molar-refractivity contribution in [2.24, 2.45) is 5.92 Å². The summed E-state index contributed by atoms with van der Waals surface area (Å²) in [5, 5.41) is 6.71. The average Bonchev–Trinajstić information content (AvgIpc) is 2.75. The molecule has 1 fully saturated rings. The van der Waals surface area contributed by atoms with E-state index in [1.54, 1.807) is 6.20 Å². The van der Waals surface area contributed by atoms with Gasteiger partial charge in [0.05, 0.1) is 5.92 Å². The van der Waals surface area contributed by atoms with Gasteiger partial charge in [-0.05, 0) is 19.9 Å². The minimum Gasteiger partial charge on any atom is -0.316 e. The van der Waals surface area contributed by atoms with Crippen LogP contribution in [0.5, 0.6) is 0 Å². The van der Waals surface area contributed by atoms with Crippen LogP contribution in [-0.2, 0) is 4.79 Å². The normalized spacial score (nSPS) is 21.1. The molecule has 76 valence electrons. The van der Waals surface area contributed by atoms with E-state index in [0.29, 0.717) is 5.13 Å². The Morgan fingerprint density at radius 1 is 1.79 bits per heavy atom. The molecule has 1 unspecified atom stereocenters. The van der Waals surface area contributed by atoms with Crippen LogP contribution in [-0.4, -0.2) is 24.0 Å². The van der Waals surface area contributed by atoms with Crippen LogP contribution in [0, 0.1) is 12.8 Å². The molecule has 2 heterocycles. The summed E-state index contributed by atoms with van der Waals surface area (Å²) in [7, 11) is 0. The van der Waals surface area contributed by atoms with Gasteiger partial charge in [0.2, 0.25) is 5.91 Å². The average molecular weight is 211 g/mol. The van der Waals surface area contributed by atoms with E-state index in [1.165, 1.54) is 11.3 Å². The predicted octanol–water partition coefficient (Wildman–Crippen LogP) is 1.000. The molecule has 0 aromatic carbocycles. The smallest absolute Gasteiger partial charge is 0.230 e. The molecule has 0 saturated carbocycles. The van der Waals surface area contributed by atoms with Crippen molar-refractivity contribution >= 4 is 22.4 Å². The molecule has 0 spiro atoms. The first-order valence-electron chi connectivity index (χ1n) is 4.70. The van der Waals surface area contributed by atoms with Crippen molar-refractivity contribution in [3.63, 3.8) is 0 Å². The highest BCUT2D eigenvalue weighted by molar-refractivity contribution is 7.15. The molecular formula is C9H13N3OS. The molecule has 1 aromatic rings. The number of rotatable bonds is 2. The van der Waals surface area contributed by atoms with Crippen molar-refractivity contribution in [3.05, 3.63) is 11.1 Å². The first-order chi connectivity index (χ1) is 6.75. The van der Waals surface area contributed by atoms with Gasteiger partial charge in [0.1, 0.15) is 0 Å². The number of aryl methyl sites for hydroxylation is 1. The SMILES string of the molecule is Cc1cnc(NC(=O)C2CCNC2)s1. The molecule has 1 saturated heterocycles. The zero-order valence-corrected chi connectivity index (χ0v) is 8.86. The fourth-order valence-electron chi connectivity index (χ4n) is 1.50. The van der Waals surface area contributed by atoms with Crippen LogP contribution in [0.1, 0.15) is 11.3 Å². The van der Waals surface area contributed by atoms with Crippen LogP contribution in [0.4, 0.5) is 5.13 Å². The molecule has 2 N–H and O–H groups in total. The summed E-state index contributed by atoms with van der Waals surface area (Å²) in [6.45, 7) is 3.70. The Bertz CT molecular complexity index is 331. The summed E-state index contributed by atoms with van der Waals surface area (Å²) < 4.78 is 0. The van der Waals surface area contributed by atoms with Gasteiger partial charge < -0.3 is 10.6 Å². The molecule has 0 bridgehead atoms. The van der Waals surface area contributed by atoms with Crippen LogP contribution in [0.2, 0.25) is 0 Å². The van der Waals surface area contributed by atoms with Crippen LogP contribution in [0.25, 0.3) is 0 Å². The van der Waals surface area contributed by atoms with E-state index in [2.05, 4.69) is 15.6 Å². The fourth-order valence-corrected chi connectivity index (χ4v) is 2.17. The van der Waals surface area contributed by atoms with Crippen molar-refractivity contribution in [2.45, 2.75) is 13.3 Å². The zero-order chi connectivity index (χ0) is 9.97. The molecule has 14 heavy (non-hydrogen) atoms. The predicted molar refractivity (Wildman–Crippen MR) is 56.5 cm³/mol. The molecule has 1 aromatic heterocycles. The van der Waals surface area contributed by atoms with E-state index in [4.69, 9.17) is 0 Å². The van der Waals surface area contributed by atoms with Crippen LogP contribution >= 0.6 is 11.3 Å². The quantitative estimate of drug-likeness (QED) is 0.767. The van der Waals surface area contributed by atoms with Gasteiger partial charge >= 0.3 is 0 Å². The monoisotopic (exact) mass is 211 g/mol. The molecule has 1 atom stereocenters. The second-order valence-corrected chi connectivity index (χ2v) is 4.69. The van der Waals surface area contributed by atoms with E-state index in [9.17, 15) is 4.79 Å². The number of amides is 1. The highest BCUT2D eigenvalue weighted by atomic mass is 32.1. The topological polar surface area (TPSA) is 54.0 Å². The van der Waals surface area contributed by atoms with E-state index in [0.717, 1.165) is 24.4 Å². The number of hydrogen-bond acceptors (Lipinski definition) is 4. The summed E-state index contributed by atoms with van der Waals surface area (Å²) in [6, 6.07) is 0. The first-order valence-corrected chi connectivity index (χ1v) is 5.51. The number of nitrogens with zero attached hydrogens (tertiary/aromatic N) is 1. The van der Waals surface area contributed by atoms with Crippen molar-refractivity contribution in [1.82, 2.24) is 10.3 Å². The molecule has 0 radical (unpaired) electrons. The molecule has 0 aliphatic carbocycles. The summed E-state index contributed by atoms with van der Waals surface area (Å²) in [6.07, 6.45) is 2.70. The van der Waals surface area contributed by atoms with Gasteiger partial charge in [-0.3, -0.25) is 4.79 Å². The van der Waals surface area contributed by atoms with E-state index >= 15 is 0 Å². The molecule has 1 amide bonds. The van der Waals surface area contributed by atoms with Gasteiger partial charge in [0.25, 0.3) is 0 Å². The molecule has 2 rings (SSSR count). The zero-order valence-electron chi connectivity index (χ0n) is 8.04. The summed E-state index contributed by atoms with van der Waals surface area (Å²) in [5.74, 6) is 0.198. The van der Waals surface area contributed by atoms with Crippen LogP contribution in [0.15, 0.2) is 6.20 Å². The Morgan fingerprint density at radius 2 is 2.64 bits per heavy atom. The number of carbonyl (C=O) groups is 1. The van der Waals surface area contributed by atoms with Crippen molar-refractivity contribution < 1.29 is 4.79 Å². The lowest BCUT2D eigenvalue weighted by Gasteiger charge is -2.06. The molecule has 4 nitrogen and oxygen atoms in total. The number of anilines is 1. The van der Waals surface area contributed by atoms with Crippen LogP contribution < -0.4 is 10.6 Å². The van der Waals surface area contributed by atoms with Gasteiger partial charge in [0.15, 0.2) is 5.13 Å². The number of nitrogens with one attached hydrogen (secondary N) is 2.